The standard InChI is InChI=1S/C27H27FO5/c1-17-25(11-9-21(26(17)31)24(30)14-27(2,3)4)32-15-18-6-5-7-19(12-18)22-13-20(33-16-29)8-10-23(22)28/h5-13,16,31H,14-15H2,1-4H3. The van der Waals surface area contributed by atoms with Crippen LogP contribution in [0, 0.1) is 18.2 Å². The van der Waals surface area contributed by atoms with Crippen molar-refractivity contribution in [3.05, 3.63) is 77.1 Å². The summed E-state index contributed by atoms with van der Waals surface area (Å²) in [6.07, 6.45) is 0.322. The van der Waals surface area contributed by atoms with Crippen LogP contribution in [0.25, 0.3) is 11.1 Å². The van der Waals surface area contributed by atoms with E-state index in [2.05, 4.69) is 0 Å². The second-order valence-electron chi connectivity index (χ2n) is 9.09. The van der Waals surface area contributed by atoms with Crippen molar-refractivity contribution in [2.24, 2.45) is 5.41 Å². The van der Waals surface area contributed by atoms with Crippen molar-refractivity contribution in [3.63, 3.8) is 0 Å². The number of hydrogen-bond donors (Lipinski definition) is 1. The second-order valence-corrected chi connectivity index (χ2v) is 9.09. The molecule has 172 valence electrons. The third-order valence-electron chi connectivity index (χ3n) is 5.13. The SMILES string of the molecule is Cc1c(OCc2cccc(-c3cc(OC=O)ccc3F)c2)ccc(C(=O)CC(C)(C)C)c1O. The molecular weight excluding hydrogens is 423 g/mol. The third kappa shape index (κ3) is 5.98. The zero-order valence-corrected chi connectivity index (χ0v) is 19.1. The lowest BCUT2D eigenvalue weighted by Gasteiger charge is -2.18. The van der Waals surface area contributed by atoms with Gasteiger partial charge in [-0.25, -0.2) is 4.39 Å². The Hall–Kier alpha value is -3.67. The van der Waals surface area contributed by atoms with E-state index in [4.69, 9.17) is 9.47 Å². The summed E-state index contributed by atoms with van der Waals surface area (Å²) in [4.78, 5) is 23.1. The predicted molar refractivity (Wildman–Crippen MR) is 124 cm³/mol. The summed E-state index contributed by atoms with van der Waals surface area (Å²) in [6, 6.07) is 14.5. The predicted octanol–water partition coefficient (Wildman–Crippen LogP) is 6.24. The molecule has 1 N–H and O–H groups in total. The largest absolute Gasteiger partial charge is 0.507 e. The lowest BCUT2D eigenvalue weighted by Crippen LogP contribution is -2.13. The van der Waals surface area contributed by atoms with Crippen LogP contribution in [0.15, 0.2) is 54.6 Å². The number of carbonyl (C=O) groups is 2. The average molecular weight is 451 g/mol. The highest BCUT2D eigenvalue weighted by molar-refractivity contribution is 5.99. The molecule has 0 saturated carbocycles. The molecule has 0 aliphatic rings. The van der Waals surface area contributed by atoms with Gasteiger partial charge >= 0.3 is 0 Å². The Labute approximate surface area is 192 Å². The molecule has 0 atom stereocenters. The summed E-state index contributed by atoms with van der Waals surface area (Å²) >= 11 is 0. The number of carbonyl (C=O) groups excluding carboxylic acids is 2. The monoisotopic (exact) mass is 450 g/mol. The minimum absolute atomic E-state index is 0.0791. The van der Waals surface area contributed by atoms with Crippen LogP contribution in [0.1, 0.15) is 48.7 Å². The van der Waals surface area contributed by atoms with E-state index in [-0.39, 0.29) is 34.9 Å². The van der Waals surface area contributed by atoms with Gasteiger partial charge in [0, 0.05) is 17.5 Å². The summed E-state index contributed by atoms with van der Waals surface area (Å²) in [5, 5.41) is 10.6. The summed E-state index contributed by atoms with van der Waals surface area (Å²) in [7, 11) is 0. The van der Waals surface area contributed by atoms with Gasteiger partial charge in [0.2, 0.25) is 0 Å². The molecule has 0 heterocycles. The van der Waals surface area contributed by atoms with Crippen LogP contribution in [0.2, 0.25) is 0 Å². The van der Waals surface area contributed by atoms with Crippen molar-refractivity contribution in [1.29, 1.82) is 0 Å². The first-order chi connectivity index (χ1) is 15.6. The first-order valence-electron chi connectivity index (χ1n) is 10.6. The van der Waals surface area contributed by atoms with Crippen molar-refractivity contribution >= 4 is 12.3 Å². The first-order valence-corrected chi connectivity index (χ1v) is 10.6. The Morgan fingerprint density at radius 1 is 1.09 bits per heavy atom. The number of phenolic OH excluding ortho intramolecular Hbond substituents is 1. The maximum Gasteiger partial charge on any atom is 0.298 e. The van der Waals surface area contributed by atoms with Gasteiger partial charge < -0.3 is 14.6 Å². The van der Waals surface area contributed by atoms with E-state index in [1.54, 1.807) is 37.3 Å². The molecule has 3 rings (SSSR count). The highest BCUT2D eigenvalue weighted by Crippen LogP contribution is 2.34. The maximum absolute atomic E-state index is 14.4. The zero-order chi connectivity index (χ0) is 24.2. The van der Waals surface area contributed by atoms with Crippen molar-refractivity contribution in [2.45, 2.75) is 40.7 Å². The molecule has 3 aromatic rings. The Balaban J connectivity index is 1.79. The van der Waals surface area contributed by atoms with Crippen molar-refractivity contribution in [3.8, 4) is 28.4 Å². The molecule has 3 aromatic carbocycles. The van der Waals surface area contributed by atoms with E-state index >= 15 is 0 Å². The van der Waals surface area contributed by atoms with Crippen molar-refractivity contribution in [1.82, 2.24) is 0 Å². The Morgan fingerprint density at radius 2 is 1.85 bits per heavy atom. The third-order valence-corrected chi connectivity index (χ3v) is 5.13. The topological polar surface area (TPSA) is 72.8 Å². The second kappa shape index (κ2) is 9.86. The number of rotatable bonds is 8. The highest BCUT2D eigenvalue weighted by atomic mass is 19.1. The molecule has 0 aliphatic heterocycles. The van der Waals surface area contributed by atoms with E-state index in [0.717, 1.165) is 5.56 Å². The molecule has 0 aliphatic carbocycles. The van der Waals surface area contributed by atoms with E-state index in [9.17, 15) is 19.1 Å². The van der Waals surface area contributed by atoms with Gasteiger partial charge in [-0.05, 0) is 59.9 Å². The molecular formula is C27H27FO5. The molecule has 0 spiro atoms. The lowest BCUT2D eigenvalue weighted by molar-refractivity contribution is -0.120. The molecule has 33 heavy (non-hydrogen) atoms. The quantitative estimate of drug-likeness (QED) is 0.325. The maximum atomic E-state index is 14.4. The van der Waals surface area contributed by atoms with Gasteiger partial charge in [-0.2, -0.15) is 0 Å². The normalized spacial score (nSPS) is 11.2. The smallest absolute Gasteiger partial charge is 0.298 e. The Morgan fingerprint density at radius 3 is 2.55 bits per heavy atom. The summed E-state index contributed by atoms with van der Waals surface area (Å²) in [5.41, 5.74) is 2.26. The van der Waals surface area contributed by atoms with Gasteiger partial charge in [-0.3, -0.25) is 9.59 Å². The van der Waals surface area contributed by atoms with Gasteiger partial charge in [0.15, 0.2) is 5.78 Å². The summed E-state index contributed by atoms with van der Waals surface area (Å²) in [6.45, 7) is 8.08. The van der Waals surface area contributed by atoms with Crippen LogP contribution in [-0.4, -0.2) is 17.4 Å². The van der Waals surface area contributed by atoms with Crippen molar-refractivity contribution < 1.29 is 28.6 Å². The number of phenols is 1. The number of hydrogen-bond acceptors (Lipinski definition) is 5. The van der Waals surface area contributed by atoms with Crippen molar-refractivity contribution in [2.75, 3.05) is 0 Å². The van der Waals surface area contributed by atoms with Gasteiger partial charge in [0.25, 0.3) is 6.47 Å². The number of Topliss-reactive ketones (excluding diaryl/α,β-unsaturated/α-hetero) is 1. The summed E-state index contributed by atoms with van der Waals surface area (Å²) < 4.78 is 25.1. The molecule has 0 unspecified atom stereocenters. The van der Waals surface area contributed by atoms with Crippen LogP contribution in [0.3, 0.4) is 0 Å². The van der Waals surface area contributed by atoms with Crippen LogP contribution in [0.5, 0.6) is 17.2 Å². The summed E-state index contributed by atoms with van der Waals surface area (Å²) in [5.74, 6) is 0.0605. The minimum atomic E-state index is -0.442. The van der Waals surface area contributed by atoms with E-state index < -0.39 is 5.82 Å². The number of ether oxygens (including phenoxy) is 2. The van der Waals surface area contributed by atoms with E-state index in [0.29, 0.717) is 35.3 Å². The molecule has 0 bridgehead atoms. The van der Waals surface area contributed by atoms with Crippen LogP contribution < -0.4 is 9.47 Å². The van der Waals surface area contributed by atoms with Gasteiger partial charge in [0.1, 0.15) is 29.7 Å². The molecule has 0 saturated heterocycles. The fraction of sp³-hybridized carbons (Fsp3) is 0.259. The molecule has 0 amide bonds. The van der Waals surface area contributed by atoms with Crippen LogP contribution in [-0.2, 0) is 11.4 Å². The zero-order valence-electron chi connectivity index (χ0n) is 19.1. The minimum Gasteiger partial charge on any atom is -0.507 e. The highest BCUT2D eigenvalue weighted by Gasteiger charge is 2.21. The number of aromatic hydroxyl groups is 1. The fourth-order valence-electron chi connectivity index (χ4n) is 3.48. The number of ketones is 1. The van der Waals surface area contributed by atoms with Gasteiger partial charge in [0.05, 0.1) is 5.56 Å². The van der Waals surface area contributed by atoms with Gasteiger partial charge in [-0.15, -0.1) is 0 Å². The van der Waals surface area contributed by atoms with E-state index in [1.165, 1.54) is 18.2 Å². The molecule has 0 radical (unpaired) electrons. The fourth-order valence-corrected chi connectivity index (χ4v) is 3.48. The average Bonchev–Trinajstić information content (AvgIpc) is 2.75. The lowest BCUT2D eigenvalue weighted by atomic mass is 9.87. The number of benzene rings is 3. The Bertz CT molecular complexity index is 1180. The Kier molecular flexibility index (Phi) is 7.16. The number of halogens is 1. The molecule has 0 fully saturated rings. The molecule has 5 nitrogen and oxygen atoms in total. The van der Waals surface area contributed by atoms with E-state index in [1.807, 2.05) is 26.8 Å². The van der Waals surface area contributed by atoms with Gasteiger partial charge in [-0.1, -0.05) is 39.0 Å². The molecule has 0 aromatic heterocycles. The van der Waals surface area contributed by atoms with Crippen LogP contribution in [0.4, 0.5) is 4.39 Å². The van der Waals surface area contributed by atoms with Crippen LogP contribution >= 0.6 is 0 Å². The first kappa shape index (κ1) is 24.0. The molecule has 6 heteroatoms.